The van der Waals surface area contributed by atoms with Crippen LogP contribution in [0.4, 0.5) is 0 Å². The molecule has 3 rings (SSSR count). The number of rotatable bonds is 8. The number of aliphatic imine (C=N–C) groups is 1. The van der Waals surface area contributed by atoms with Crippen molar-refractivity contribution in [3.05, 3.63) is 60.1 Å². The predicted octanol–water partition coefficient (Wildman–Crippen LogP) is 2.96. The van der Waals surface area contributed by atoms with E-state index in [9.17, 15) is 4.79 Å². The molecule has 0 saturated heterocycles. The van der Waals surface area contributed by atoms with Crippen LogP contribution in [0.25, 0.3) is 0 Å². The smallest absolute Gasteiger partial charge is 0.243 e. The first-order valence-electron chi connectivity index (χ1n) is 10.4. The number of carbonyl (C=O) groups is 1. The molecule has 0 aliphatic heterocycles. The van der Waals surface area contributed by atoms with E-state index in [1.807, 2.05) is 12.1 Å². The molecule has 1 aromatic carbocycles. The van der Waals surface area contributed by atoms with Crippen molar-refractivity contribution in [3.8, 4) is 0 Å². The van der Waals surface area contributed by atoms with Crippen molar-refractivity contribution in [2.24, 2.45) is 4.99 Å². The molecule has 29 heavy (non-hydrogen) atoms. The maximum atomic E-state index is 12.0. The summed E-state index contributed by atoms with van der Waals surface area (Å²) in [6.07, 6.45) is 7.27. The molecule has 1 aliphatic rings. The van der Waals surface area contributed by atoms with Crippen molar-refractivity contribution in [2.45, 2.75) is 37.5 Å². The van der Waals surface area contributed by atoms with E-state index >= 15 is 0 Å². The number of hydrogen-bond donors (Lipinski definition) is 2. The van der Waals surface area contributed by atoms with Crippen molar-refractivity contribution in [1.82, 2.24) is 15.5 Å². The van der Waals surface area contributed by atoms with Crippen LogP contribution >= 0.6 is 0 Å². The van der Waals surface area contributed by atoms with Crippen LogP contribution in [-0.4, -0.2) is 50.5 Å². The Morgan fingerprint density at radius 1 is 1.10 bits per heavy atom. The maximum absolute atomic E-state index is 12.0. The lowest BCUT2D eigenvalue weighted by atomic mass is 9.79. The van der Waals surface area contributed by atoms with Gasteiger partial charge in [0.15, 0.2) is 5.96 Å². The van der Waals surface area contributed by atoms with Gasteiger partial charge in [-0.15, -0.1) is 0 Å². The highest BCUT2D eigenvalue weighted by Crippen LogP contribution is 2.40. The number of guanidine groups is 1. The number of hydrogen-bond acceptors (Lipinski definition) is 3. The van der Waals surface area contributed by atoms with E-state index in [0.717, 1.165) is 18.7 Å². The summed E-state index contributed by atoms with van der Waals surface area (Å²) in [4.78, 5) is 18.1. The summed E-state index contributed by atoms with van der Waals surface area (Å²) in [6.45, 7) is 1.62. The van der Waals surface area contributed by atoms with Crippen LogP contribution in [0.15, 0.2) is 58.1 Å². The Morgan fingerprint density at radius 3 is 2.52 bits per heavy atom. The molecule has 2 N–H and O–H groups in total. The van der Waals surface area contributed by atoms with E-state index in [-0.39, 0.29) is 17.9 Å². The molecule has 0 bridgehead atoms. The van der Waals surface area contributed by atoms with Gasteiger partial charge in [0.2, 0.25) is 5.91 Å². The number of carbonyl (C=O) groups excluding carboxylic acids is 1. The first-order chi connectivity index (χ1) is 14.1. The van der Waals surface area contributed by atoms with Gasteiger partial charge in [-0.05, 0) is 30.5 Å². The van der Waals surface area contributed by atoms with E-state index in [1.54, 1.807) is 25.3 Å². The van der Waals surface area contributed by atoms with Gasteiger partial charge < -0.3 is 20.0 Å². The third kappa shape index (κ3) is 5.86. The highest BCUT2D eigenvalue weighted by Gasteiger charge is 2.35. The van der Waals surface area contributed by atoms with Crippen LogP contribution in [0, 0.1) is 0 Å². The van der Waals surface area contributed by atoms with Crippen LogP contribution in [0.1, 0.15) is 37.0 Å². The SMILES string of the molecule is CN(C)C(=O)CN=C(NCCc1ccco1)NCC1(c2ccccc2)CCCC1. The fraction of sp³-hybridized carbons (Fsp3) is 0.478. The average molecular weight is 397 g/mol. The van der Waals surface area contributed by atoms with E-state index in [4.69, 9.17) is 4.42 Å². The van der Waals surface area contributed by atoms with Gasteiger partial charge in [0.1, 0.15) is 12.3 Å². The van der Waals surface area contributed by atoms with Crippen molar-refractivity contribution < 1.29 is 9.21 Å². The molecule has 1 heterocycles. The third-order valence-corrected chi connectivity index (χ3v) is 5.66. The normalized spacial score (nSPS) is 15.9. The molecule has 6 nitrogen and oxygen atoms in total. The van der Waals surface area contributed by atoms with Gasteiger partial charge in [-0.2, -0.15) is 0 Å². The molecule has 1 aliphatic carbocycles. The van der Waals surface area contributed by atoms with E-state index in [1.165, 1.54) is 31.2 Å². The van der Waals surface area contributed by atoms with E-state index < -0.39 is 0 Å². The second kappa shape index (κ2) is 10.1. The number of likely N-dealkylation sites (N-methyl/N-ethyl adjacent to an activating group) is 1. The van der Waals surface area contributed by atoms with Gasteiger partial charge in [-0.3, -0.25) is 4.79 Å². The zero-order valence-corrected chi connectivity index (χ0v) is 17.5. The van der Waals surface area contributed by atoms with Crippen molar-refractivity contribution >= 4 is 11.9 Å². The molecule has 1 fully saturated rings. The van der Waals surface area contributed by atoms with Gasteiger partial charge >= 0.3 is 0 Å². The number of nitrogens with zero attached hydrogens (tertiary/aromatic N) is 2. The summed E-state index contributed by atoms with van der Waals surface area (Å²) in [7, 11) is 3.50. The number of furan rings is 1. The minimum Gasteiger partial charge on any atom is -0.469 e. The minimum atomic E-state index is -0.0178. The Bertz CT molecular complexity index is 778. The number of nitrogens with one attached hydrogen (secondary N) is 2. The molecule has 1 amide bonds. The fourth-order valence-electron chi connectivity index (χ4n) is 3.89. The zero-order valence-electron chi connectivity index (χ0n) is 17.5. The minimum absolute atomic E-state index is 0.0178. The summed E-state index contributed by atoms with van der Waals surface area (Å²) in [5.41, 5.74) is 1.50. The Kier molecular flexibility index (Phi) is 7.33. The summed E-state index contributed by atoms with van der Waals surface area (Å²) < 4.78 is 5.40. The van der Waals surface area contributed by atoms with Crippen molar-refractivity contribution in [1.29, 1.82) is 0 Å². The molecule has 0 unspecified atom stereocenters. The Labute approximate surface area is 173 Å². The van der Waals surface area contributed by atoms with Gasteiger partial charge in [0, 0.05) is 39.0 Å². The second-order valence-corrected chi connectivity index (χ2v) is 7.92. The largest absolute Gasteiger partial charge is 0.469 e. The summed E-state index contributed by atoms with van der Waals surface area (Å²) in [5.74, 6) is 1.59. The van der Waals surface area contributed by atoms with Crippen LogP contribution in [0.5, 0.6) is 0 Å². The first-order valence-corrected chi connectivity index (χ1v) is 10.4. The molecule has 0 radical (unpaired) electrons. The van der Waals surface area contributed by atoms with Crippen molar-refractivity contribution in [3.63, 3.8) is 0 Å². The molecule has 0 atom stereocenters. The molecular formula is C23H32N4O2. The molecular weight excluding hydrogens is 364 g/mol. The number of benzene rings is 1. The Morgan fingerprint density at radius 2 is 1.86 bits per heavy atom. The first kappa shape index (κ1) is 21.0. The summed E-state index contributed by atoms with van der Waals surface area (Å²) in [5, 5.41) is 6.87. The Balaban J connectivity index is 1.65. The lowest BCUT2D eigenvalue weighted by Crippen LogP contribution is -2.45. The molecule has 0 spiro atoms. The summed E-state index contributed by atoms with van der Waals surface area (Å²) in [6, 6.07) is 14.6. The van der Waals surface area contributed by atoms with Gasteiger partial charge in [0.05, 0.1) is 6.26 Å². The fourth-order valence-corrected chi connectivity index (χ4v) is 3.89. The monoisotopic (exact) mass is 396 g/mol. The average Bonchev–Trinajstić information content (AvgIpc) is 3.42. The highest BCUT2D eigenvalue weighted by molar-refractivity contribution is 5.84. The quantitative estimate of drug-likeness (QED) is 0.532. The Hall–Kier alpha value is -2.76. The predicted molar refractivity (Wildman–Crippen MR) is 116 cm³/mol. The molecule has 2 aromatic rings. The zero-order chi connectivity index (χ0) is 20.5. The third-order valence-electron chi connectivity index (χ3n) is 5.66. The van der Waals surface area contributed by atoms with Crippen LogP contribution in [0.2, 0.25) is 0 Å². The molecule has 6 heteroatoms. The van der Waals surface area contributed by atoms with Gasteiger partial charge in [-0.25, -0.2) is 4.99 Å². The summed E-state index contributed by atoms with van der Waals surface area (Å²) >= 11 is 0. The van der Waals surface area contributed by atoms with Gasteiger partial charge in [-0.1, -0.05) is 43.2 Å². The lowest BCUT2D eigenvalue weighted by molar-refractivity contribution is -0.127. The second-order valence-electron chi connectivity index (χ2n) is 7.92. The molecule has 156 valence electrons. The van der Waals surface area contributed by atoms with Crippen LogP contribution < -0.4 is 10.6 Å². The van der Waals surface area contributed by atoms with Crippen LogP contribution in [0.3, 0.4) is 0 Å². The maximum Gasteiger partial charge on any atom is 0.243 e. The highest BCUT2D eigenvalue weighted by atomic mass is 16.3. The van der Waals surface area contributed by atoms with Crippen LogP contribution in [-0.2, 0) is 16.6 Å². The molecule has 1 saturated carbocycles. The topological polar surface area (TPSA) is 69.9 Å². The number of amides is 1. The van der Waals surface area contributed by atoms with Gasteiger partial charge in [0.25, 0.3) is 0 Å². The van der Waals surface area contributed by atoms with Crippen molar-refractivity contribution in [2.75, 3.05) is 33.7 Å². The van der Waals surface area contributed by atoms with E-state index in [0.29, 0.717) is 12.5 Å². The standard InChI is InChI=1S/C23H32N4O2/c1-27(2)21(28)17-25-22(24-15-12-20-11-8-16-29-20)26-18-23(13-6-7-14-23)19-9-4-3-5-10-19/h3-5,8-11,16H,6-7,12-15,17-18H2,1-2H3,(H2,24,25,26). The van der Waals surface area contributed by atoms with E-state index in [2.05, 4.69) is 46.0 Å². The lowest BCUT2D eigenvalue weighted by Gasteiger charge is -2.31. The molecule has 1 aromatic heterocycles.